The van der Waals surface area contributed by atoms with Crippen molar-refractivity contribution in [2.24, 2.45) is 0 Å². The molecule has 250 valence electrons. The number of fused-ring (bicyclic) bond motifs is 1. The number of imidazole rings is 1. The summed E-state index contributed by atoms with van der Waals surface area (Å²) < 4.78 is 60.9. The Morgan fingerprint density at radius 1 is 0.840 bits per heavy atom. The molecule has 0 saturated heterocycles. The number of phenolic OH excluding ortho intramolecular Hbond substituents is 1. The molecule has 0 spiro atoms. The maximum absolute atomic E-state index is 11.5. The first-order chi connectivity index (χ1) is 26.4. The van der Waals surface area contributed by atoms with Crippen molar-refractivity contribution in [1.29, 1.82) is 5.26 Å². The number of aromatic hydroxyl groups is 1. The SMILES string of the molecule is [2H]C([2H])([2H])C([2H])(c1cc(-c2cc(C#N)ccn2)[c-]c(-c2cccc3c2nc(-c2cc(C(C)(C)C)ccc2O)n3-c2ccccc2-c2ccccc2)c1)C([2H])([2H])[2H].[Pt]. The van der Waals surface area contributed by atoms with E-state index in [1.54, 1.807) is 12.1 Å². The molecule has 0 aliphatic carbocycles. The van der Waals surface area contributed by atoms with Crippen LogP contribution in [0.1, 0.15) is 66.7 Å². The standard InChI is InChI=1S/C44H37N4O.Pt/c1-28(2)31-23-32(25-33(24-31)38-22-29(27-45)20-21-46-38)36-15-11-17-40-42(36)47-43(37-26-34(44(3,4)5)18-19-41(37)49)48(40)39-16-10-9-14-35(39)30-12-7-6-8-13-30;/h6-24,26,28,49H,1-5H3;/q-1;/i1D3,2D3,28D;. The average molecular weight is 840 g/mol. The van der Waals surface area contributed by atoms with E-state index in [2.05, 4.69) is 37.9 Å². The molecule has 0 fully saturated rings. The van der Waals surface area contributed by atoms with Gasteiger partial charge in [-0.3, -0.25) is 9.55 Å². The molecule has 5 nitrogen and oxygen atoms in total. The number of rotatable bonds is 6. The second-order valence-corrected chi connectivity index (χ2v) is 12.9. The zero-order chi connectivity index (χ0) is 40.2. The molecule has 7 rings (SSSR count). The predicted molar refractivity (Wildman–Crippen MR) is 199 cm³/mol. The fourth-order valence-electron chi connectivity index (χ4n) is 6.10. The van der Waals surface area contributed by atoms with Gasteiger partial charge in [-0.2, -0.15) is 5.26 Å². The van der Waals surface area contributed by atoms with Crippen LogP contribution in [0.25, 0.3) is 61.6 Å². The summed E-state index contributed by atoms with van der Waals surface area (Å²) in [5.41, 5.74) is 6.05. The summed E-state index contributed by atoms with van der Waals surface area (Å²) in [6.07, 6.45) is 1.42. The maximum Gasteiger partial charge on any atom is 0.148 e. The van der Waals surface area contributed by atoms with Gasteiger partial charge in [0.2, 0.25) is 0 Å². The number of para-hydroxylation sites is 2. The van der Waals surface area contributed by atoms with E-state index < -0.39 is 19.6 Å². The third-order valence-electron chi connectivity index (χ3n) is 8.63. The Morgan fingerprint density at radius 3 is 2.34 bits per heavy atom. The van der Waals surface area contributed by atoms with E-state index >= 15 is 0 Å². The van der Waals surface area contributed by atoms with E-state index in [1.165, 1.54) is 30.5 Å². The molecule has 0 atom stereocenters. The molecule has 0 unspecified atom stereocenters. The van der Waals surface area contributed by atoms with Crippen LogP contribution in [0.2, 0.25) is 0 Å². The van der Waals surface area contributed by atoms with Gasteiger partial charge in [-0.1, -0.05) is 118 Å². The van der Waals surface area contributed by atoms with Gasteiger partial charge in [0.15, 0.2) is 0 Å². The Bertz CT molecular complexity index is 2640. The van der Waals surface area contributed by atoms with Crippen LogP contribution in [0.5, 0.6) is 5.75 Å². The van der Waals surface area contributed by atoms with Crippen LogP contribution in [0, 0.1) is 17.4 Å². The van der Waals surface area contributed by atoms with Crippen LogP contribution >= 0.6 is 0 Å². The van der Waals surface area contributed by atoms with Crippen LogP contribution in [-0.4, -0.2) is 19.6 Å². The zero-order valence-corrected chi connectivity index (χ0v) is 29.9. The van der Waals surface area contributed by atoms with E-state index in [0.29, 0.717) is 28.0 Å². The van der Waals surface area contributed by atoms with E-state index in [4.69, 9.17) is 14.6 Å². The van der Waals surface area contributed by atoms with Crippen LogP contribution in [-0.2, 0) is 26.5 Å². The van der Waals surface area contributed by atoms with Crippen molar-refractivity contribution in [2.45, 2.75) is 45.8 Å². The molecule has 0 radical (unpaired) electrons. The molecule has 0 bridgehead atoms. The van der Waals surface area contributed by atoms with Crippen molar-refractivity contribution in [2.75, 3.05) is 0 Å². The molecule has 1 N–H and O–H groups in total. The third-order valence-corrected chi connectivity index (χ3v) is 8.63. The molecule has 50 heavy (non-hydrogen) atoms. The molecule has 0 aliphatic rings. The van der Waals surface area contributed by atoms with Gasteiger partial charge >= 0.3 is 0 Å². The first-order valence-corrected chi connectivity index (χ1v) is 15.9. The van der Waals surface area contributed by atoms with Gasteiger partial charge in [0.05, 0.1) is 28.4 Å². The number of aromatic nitrogens is 3. The predicted octanol–water partition coefficient (Wildman–Crippen LogP) is 10.9. The molecular formula is C44H37N4OPt-. The number of phenols is 1. The third kappa shape index (κ3) is 6.52. The van der Waals surface area contributed by atoms with Crippen LogP contribution in [0.15, 0.2) is 121 Å². The van der Waals surface area contributed by atoms with E-state index in [9.17, 15) is 10.4 Å². The van der Waals surface area contributed by atoms with Gasteiger partial charge in [0.25, 0.3) is 0 Å². The van der Waals surface area contributed by atoms with Gasteiger partial charge < -0.3 is 5.11 Å². The number of hydrogen-bond donors (Lipinski definition) is 1. The van der Waals surface area contributed by atoms with Crippen molar-refractivity contribution < 1.29 is 35.8 Å². The summed E-state index contributed by atoms with van der Waals surface area (Å²) in [4.78, 5) is 9.63. The van der Waals surface area contributed by atoms with E-state index in [0.717, 1.165) is 22.4 Å². The molecule has 2 aromatic heterocycles. The zero-order valence-electron chi connectivity index (χ0n) is 34.6. The molecule has 7 aromatic rings. The summed E-state index contributed by atoms with van der Waals surface area (Å²) in [7, 11) is 0. The van der Waals surface area contributed by atoms with Gasteiger partial charge in [0, 0.05) is 53.7 Å². The number of nitrogens with zero attached hydrogens (tertiary/aromatic N) is 4. The molecule has 0 amide bonds. The summed E-state index contributed by atoms with van der Waals surface area (Å²) in [5.74, 6) is -2.60. The number of nitriles is 1. The minimum absolute atomic E-state index is 0. The normalized spacial score (nSPS) is 14.2. The summed E-state index contributed by atoms with van der Waals surface area (Å²) in [6.45, 7) is -0.286. The maximum atomic E-state index is 11.5. The largest absolute Gasteiger partial charge is 0.507 e. The van der Waals surface area contributed by atoms with Crippen LogP contribution in [0.4, 0.5) is 0 Å². The first-order valence-electron chi connectivity index (χ1n) is 19.4. The van der Waals surface area contributed by atoms with Crippen molar-refractivity contribution in [3.05, 3.63) is 144 Å². The second-order valence-electron chi connectivity index (χ2n) is 12.9. The minimum Gasteiger partial charge on any atom is -0.507 e. The number of benzene rings is 5. The Morgan fingerprint density at radius 2 is 1.58 bits per heavy atom. The van der Waals surface area contributed by atoms with Crippen LogP contribution < -0.4 is 0 Å². The summed E-state index contributed by atoms with van der Waals surface area (Å²) in [6, 6.07) is 39.8. The average Bonchev–Trinajstić information content (AvgIpc) is 3.56. The van der Waals surface area contributed by atoms with Crippen molar-refractivity contribution in [3.63, 3.8) is 0 Å². The van der Waals surface area contributed by atoms with Gasteiger partial charge in [-0.05, 0) is 52.8 Å². The Labute approximate surface area is 318 Å². The molecule has 6 heteroatoms. The number of hydrogen-bond acceptors (Lipinski definition) is 4. The van der Waals surface area contributed by atoms with Gasteiger partial charge in [-0.15, -0.1) is 29.3 Å². The van der Waals surface area contributed by atoms with Crippen molar-refractivity contribution in [3.8, 4) is 62.4 Å². The molecule has 5 aromatic carbocycles. The van der Waals surface area contributed by atoms with Crippen molar-refractivity contribution in [1.82, 2.24) is 14.5 Å². The summed E-state index contributed by atoms with van der Waals surface area (Å²) >= 11 is 0. The fraction of sp³-hybridized carbons (Fsp3) is 0.159. The topological polar surface area (TPSA) is 74.7 Å². The minimum atomic E-state index is -3.27. The Kier molecular flexibility index (Phi) is 7.38. The molecule has 2 heterocycles. The quantitative estimate of drug-likeness (QED) is 0.169. The monoisotopic (exact) mass is 839 g/mol. The smallest absolute Gasteiger partial charge is 0.148 e. The van der Waals surface area contributed by atoms with Gasteiger partial charge in [0.1, 0.15) is 11.6 Å². The second kappa shape index (κ2) is 13.9. The molecule has 0 saturated carbocycles. The van der Waals surface area contributed by atoms with E-state index in [1.807, 2.05) is 83.4 Å². The fourth-order valence-corrected chi connectivity index (χ4v) is 6.10. The Balaban J connectivity index is 0.00000549. The Hall–Kier alpha value is -5.30. The number of pyridine rings is 1. The molecular weight excluding hydrogens is 796 g/mol. The molecule has 0 aliphatic heterocycles. The first kappa shape index (κ1) is 26.6. The van der Waals surface area contributed by atoms with E-state index in [-0.39, 0.29) is 60.2 Å². The van der Waals surface area contributed by atoms with Crippen LogP contribution in [0.3, 0.4) is 0 Å². The summed E-state index contributed by atoms with van der Waals surface area (Å²) in [5, 5.41) is 21.1. The van der Waals surface area contributed by atoms with Crippen molar-refractivity contribution >= 4 is 11.0 Å². The van der Waals surface area contributed by atoms with Gasteiger partial charge in [-0.25, -0.2) is 4.98 Å².